The number of aromatic nitrogens is 2. The molecule has 2 aliphatic rings. The zero-order valence-corrected chi connectivity index (χ0v) is 30.6. The fraction of sp³-hybridized carbons (Fsp3) is 0.412. The first-order chi connectivity index (χ1) is 22.8. The van der Waals surface area contributed by atoms with Gasteiger partial charge in [0, 0.05) is 25.7 Å². The van der Waals surface area contributed by atoms with E-state index in [1.54, 1.807) is 0 Å². The first-order valence-electron chi connectivity index (χ1n) is 15.6. The molecule has 49 heavy (non-hydrogen) atoms. The predicted octanol–water partition coefficient (Wildman–Crippen LogP) is 9.87. The van der Waals surface area contributed by atoms with Crippen LogP contribution in [0.2, 0.25) is 0 Å². The quantitative estimate of drug-likeness (QED) is 0.132. The van der Waals surface area contributed by atoms with Gasteiger partial charge in [0.05, 0.1) is 33.6 Å². The van der Waals surface area contributed by atoms with Crippen molar-refractivity contribution in [2.75, 3.05) is 13.2 Å². The van der Waals surface area contributed by atoms with Crippen LogP contribution in [0.5, 0.6) is 11.5 Å². The van der Waals surface area contributed by atoms with E-state index in [-0.39, 0.29) is 62.4 Å². The predicted molar refractivity (Wildman–Crippen MR) is 186 cm³/mol. The van der Waals surface area contributed by atoms with Gasteiger partial charge in [-0.2, -0.15) is 0 Å². The summed E-state index contributed by atoms with van der Waals surface area (Å²) in [5.41, 5.74) is 1.20. The number of Topliss-reactive ketones (excluding diaryl/α,β-unsaturated/α-hetero) is 2. The largest absolute Gasteiger partial charge is 2.00 e. The van der Waals surface area contributed by atoms with Gasteiger partial charge in [0.25, 0.3) is 0 Å². The fourth-order valence-electron chi connectivity index (χ4n) is 5.35. The molecule has 15 heteroatoms. The van der Waals surface area contributed by atoms with Crippen molar-refractivity contribution in [3.63, 3.8) is 0 Å². The monoisotopic (exact) mass is 753 g/mol. The molecule has 0 bridgehead atoms. The van der Waals surface area contributed by atoms with Crippen LogP contribution >= 0.6 is 22.7 Å². The van der Waals surface area contributed by atoms with Crippen molar-refractivity contribution in [3.8, 4) is 11.5 Å². The average Bonchev–Trinajstić information content (AvgIpc) is 3.58. The van der Waals surface area contributed by atoms with E-state index < -0.39 is 0 Å². The molecule has 2 aromatic carbocycles. The molecular weight excluding hydrogens is 716 g/mol. The summed E-state index contributed by atoms with van der Waals surface area (Å²) in [5, 5.41) is 37.0. The molecule has 2 aliphatic carbocycles. The molecule has 12 nitrogen and oxygen atoms in total. The Morgan fingerprint density at radius 1 is 0.673 bits per heavy atom. The second kappa shape index (κ2) is 15.7. The van der Waals surface area contributed by atoms with Crippen molar-refractivity contribution in [2.45, 2.75) is 67.2 Å². The summed E-state index contributed by atoms with van der Waals surface area (Å²) < 4.78 is 12.8. The number of aliphatic hydroxyl groups is 2. The summed E-state index contributed by atoms with van der Waals surface area (Å²) in [4.78, 5) is 33.0. The fourth-order valence-corrected chi connectivity index (χ4v) is 6.99. The van der Waals surface area contributed by atoms with Gasteiger partial charge in [0.1, 0.15) is 23.0 Å². The third-order valence-corrected chi connectivity index (χ3v) is 9.24. The van der Waals surface area contributed by atoms with E-state index in [0.29, 0.717) is 49.2 Å². The number of carbonyl (C=O) groups excluding carboxylic acids is 2. The molecule has 2 N–H and O–H groups in total. The number of hydrogen-bond acceptors (Lipinski definition) is 14. The van der Waals surface area contributed by atoms with E-state index >= 15 is 0 Å². The maximum absolute atomic E-state index is 12.1. The van der Waals surface area contributed by atoms with E-state index in [2.05, 4.69) is 30.4 Å². The van der Waals surface area contributed by atoms with Crippen molar-refractivity contribution in [3.05, 3.63) is 59.3 Å². The van der Waals surface area contributed by atoms with Crippen molar-refractivity contribution in [2.24, 2.45) is 31.3 Å². The number of aliphatic hydroxyl groups excluding tert-OH is 2. The number of carbonyl (C=O) groups is 2. The Morgan fingerprint density at radius 3 is 1.41 bits per heavy atom. The number of rotatable bonds is 8. The number of ether oxygens (including phenoxy) is 2. The third-order valence-electron chi connectivity index (χ3n) is 7.44. The molecule has 261 valence electrons. The topological polar surface area (TPSA) is 168 Å². The minimum absolute atomic E-state index is 0. The summed E-state index contributed by atoms with van der Waals surface area (Å²) in [6.07, 6.45) is 1.54. The van der Waals surface area contributed by atoms with Crippen LogP contribution < -0.4 is 9.47 Å². The molecule has 6 rings (SSSR count). The summed E-state index contributed by atoms with van der Waals surface area (Å²) in [7, 11) is 0. The molecule has 2 heterocycles. The van der Waals surface area contributed by atoms with Gasteiger partial charge < -0.3 is 19.7 Å². The second-order valence-electron chi connectivity index (χ2n) is 13.0. The first-order valence-corrected chi connectivity index (χ1v) is 17.2. The number of benzene rings is 2. The standard InChI is InChI=1S/2C17H19N3O3S.Cu/c2*1-4-23-10-5-6-11-14(7-10)24-16(18-11)20-19-15-12(21)8-17(2,3)9-13(15)22;/h2*5-7,21H,4,8-9H2,1-3H3;/q;;+2. The molecular formula is C34H38CuN6O6S2+2. The number of allylic oxidation sites excluding steroid dienone is 4. The Morgan fingerprint density at radius 2 is 1.06 bits per heavy atom. The van der Waals surface area contributed by atoms with E-state index in [0.717, 1.165) is 31.9 Å². The molecule has 2 aromatic heterocycles. The van der Waals surface area contributed by atoms with Gasteiger partial charge in [0.15, 0.2) is 23.0 Å². The number of azo groups is 2. The number of hydrogen-bond donors (Lipinski definition) is 2. The van der Waals surface area contributed by atoms with Crippen molar-refractivity contribution in [1.82, 2.24) is 9.97 Å². The van der Waals surface area contributed by atoms with E-state index in [9.17, 15) is 19.8 Å². The van der Waals surface area contributed by atoms with Crippen molar-refractivity contribution < 1.29 is 46.3 Å². The van der Waals surface area contributed by atoms with Crippen LogP contribution in [0.15, 0.2) is 79.8 Å². The van der Waals surface area contributed by atoms with Gasteiger partial charge in [0.2, 0.25) is 10.3 Å². The first kappa shape index (κ1) is 37.8. The molecule has 4 aromatic rings. The van der Waals surface area contributed by atoms with Gasteiger partial charge in [-0.15, -0.1) is 20.5 Å². The maximum atomic E-state index is 12.1. The van der Waals surface area contributed by atoms with Crippen LogP contribution in [0.4, 0.5) is 10.3 Å². The van der Waals surface area contributed by atoms with Crippen LogP contribution in [-0.2, 0) is 26.7 Å². The van der Waals surface area contributed by atoms with Crippen LogP contribution in [-0.4, -0.2) is 45.0 Å². The van der Waals surface area contributed by atoms with E-state index in [1.165, 1.54) is 22.7 Å². The van der Waals surface area contributed by atoms with Gasteiger partial charge in [-0.1, -0.05) is 50.4 Å². The molecule has 1 radical (unpaired) electrons. The number of fused-ring (bicyclic) bond motifs is 2. The Hall–Kier alpha value is -4.04. The van der Waals surface area contributed by atoms with Gasteiger partial charge in [-0.3, -0.25) is 9.59 Å². The molecule has 0 spiro atoms. The number of nitrogens with zero attached hydrogens (tertiary/aromatic N) is 6. The van der Waals surface area contributed by atoms with Crippen LogP contribution in [0, 0.1) is 10.8 Å². The van der Waals surface area contributed by atoms with Gasteiger partial charge in [-0.05, 0) is 61.1 Å². The summed E-state index contributed by atoms with van der Waals surface area (Å²) in [6, 6.07) is 11.2. The number of thiazole rings is 2. The SMILES string of the molecule is CCOc1ccc2nc(N=NC3=C(O)CC(C)(C)CC3=O)sc2c1.CCOc1ccc2nc(N=NC3=C(O)CC(C)(C)CC3=O)sc2c1.[Cu+2]. The van der Waals surface area contributed by atoms with Crippen molar-refractivity contribution >= 4 is 64.9 Å². The Kier molecular flexibility index (Phi) is 12.1. The van der Waals surface area contributed by atoms with Crippen LogP contribution in [0.25, 0.3) is 20.4 Å². The zero-order valence-electron chi connectivity index (χ0n) is 28.0. The van der Waals surface area contributed by atoms with Gasteiger partial charge in [-0.25, -0.2) is 9.97 Å². The maximum Gasteiger partial charge on any atom is 2.00 e. The molecule has 0 saturated heterocycles. The summed E-state index contributed by atoms with van der Waals surface area (Å²) in [6.45, 7) is 12.8. The second-order valence-corrected chi connectivity index (χ2v) is 15.0. The summed E-state index contributed by atoms with van der Waals surface area (Å²) >= 11 is 2.72. The van der Waals surface area contributed by atoms with Crippen molar-refractivity contribution in [1.29, 1.82) is 0 Å². The molecule has 0 unspecified atom stereocenters. The molecule has 0 fully saturated rings. The van der Waals surface area contributed by atoms with E-state index in [1.807, 2.05) is 77.9 Å². The minimum Gasteiger partial charge on any atom is -0.510 e. The van der Waals surface area contributed by atoms with Crippen LogP contribution in [0.1, 0.15) is 67.2 Å². The zero-order chi connectivity index (χ0) is 34.6. The van der Waals surface area contributed by atoms with Gasteiger partial charge >= 0.3 is 17.1 Å². The third kappa shape index (κ3) is 9.56. The normalized spacial score (nSPS) is 17.5. The Labute approximate surface area is 302 Å². The molecule has 0 amide bonds. The molecule has 0 saturated carbocycles. The number of ketones is 2. The average molecular weight is 754 g/mol. The van der Waals surface area contributed by atoms with E-state index in [4.69, 9.17) is 9.47 Å². The molecule has 0 atom stereocenters. The Balaban J connectivity index is 0.000000216. The minimum atomic E-state index is -0.244. The Bertz CT molecular complexity index is 1850. The summed E-state index contributed by atoms with van der Waals surface area (Å²) in [5.74, 6) is 1.18. The smallest absolute Gasteiger partial charge is 0.510 e. The molecule has 0 aliphatic heterocycles. The van der Waals surface area contributed by atoms with Crippen LogP contribution in [0.3, 0.4) is 0 Å².